The molecule has 0 saturated heterocycles. The molecule has 0 aliphatic rings. The zero-order valence-corrected chi connectivity index (χ0v) is 11.3. The fourth-order valence-electron chi connectivity index (χ4n) is 2.47. The molecule has 1 heterocycles. The largest absolute Gasteiger partial charge is 0.385 e. The molecule has 0 bridgehead atoms. The van der Waals surface area contributed by atoms with E-state index in [1.54, 1.807) is 4.57 Å². The first kappa shape index (κ1) is 12.5. The van der Waals surface area contributed by atoms with Gasteiger partial charge in [0.25, 0.3) is 5.56 Å². The Kier molecular flexibility index (Phi) is 3.03. The van der Waals surface area contributed by atoms with Crippen molar-refractivity contribution in [2.75, 3.05) is 5.73 Å². The van der Waals surface area contributed by atoms with Crippen LogP contribution in [0, 0.1) is 6.92 Å². The van der Waals surface area contributed by atoms with E-state index in [2.05, 4.69) is 6.07 Å². The Hall–Kier alpha value is -2.55. The third-order valence-electron chi connectivity index (χ3n) is 3.47. The van der Waals surface area contributed by atoms with E-state index in [0.717, 1.165) is 10.9 Å². The number of benzene rings is 2. The standard InChI is InChI=1S/C17H16N2O/c1-12-5-4-6-13(9-12)11-19-16(18)10-14-7-2-3-8-15(14)17(19)20/h2-10H,11,18H2,1H3. The van der Waals surface area contributed by atoms with E-state index in [1.165, 1.54) is 5.56 Å². The molecule has 3 nitrogen and oxygen atoms in total. The van der Waals surface area contributed by atoms with Crippen LogP contribution in [-0.4, -0.2) is 4.57 Å². The van der Waals surface area contributed by atoms with Crippen molar-refractivity contribution in [1.29, 1.82) is 0 Å². The zero-order chi connectivity index (χ0) is 14.1. The summed E-state index contributed by atoms with van der Waals surface area (Å²) in [6, 6.07) is 17.5. The molecule has 0 spiro atoms. The van der Waals surface area contributed by atoms with E-state index in [0.29, 0.717) is 17.7 Å². The average Bonchev–Trinajstić information content (AvgIpc) is 2.43. The predicted molar refractivity (Wildman–Crippen MR) is 82.9 cm³/mol. The smallest absolute Gasteiger partial charge is 0.260 e. The van der Waals surface area contributed by atoms with Gasteiger partial charge in [-0.05, 0) is 30.0 Å². The molecular formula is C17H16N2O. The molecule has 2 aromatic carbocycles. The van der Waals surface area contributed by atoms with Gasteiger partial charge in [0.1, 0.15) is 5.82 Å². The van der Waals surface area contributed by atoms with E-state index in [1.807, 2.05) is 55.5 Å². The minimum absolute atomic E-state index is 0.0397. The van der Waals surface area contributed by atoms with Crippen molar-refractivity contribution in [2.24, 2.45) is 0 Å². The lowest BCUT2D eigenvalue weighted by Gasteiger charge is -2.11. The highest BCUT2D eigenvalue weighted by molar-refractivity contribution is 5.83. The Bertz CT molecular complexity index is 834. The third-order valence-corrected chi connectivity index (χ3v) is 3.47. The molecule has 0 saturated carbocycles. The summed E-state index contributed by atoms with van der Waals surface area (Å²) in [5.74, 6) is 0.496. The highest BCUT2D eigenvalue weighted by Crippen LogP contribution is 2.15. The molecule has 2 N–H and O–H groups in total. The molecule has 100 valence electrons. The summed E-state index contributed by atoms with van der Waals surface area (Å²) >= 11 is 0. The second-order valence-electron chi connectivity index (χ2n) is 5.04. The van der Waals surface area contributed by atoms with Crippen LogP contribution in [0.15, 0.2) is 59.4 Å². The number of nitrogen functional groups attached to an aromatic ring is 1. The van der Waals surface area contributed by atoms with Crippen LogP contribution in [0.25, 0.3) is 10.8 Å². The van der Waals surface area contributed by atoms with Crippen molar-refractivity contribution in [3.8, 4) is 0 Å². The SMILES string of the molecule is Cc1cccc(Cn2c(N)cc3ccccc3c2=O)c1. The lowest BCUT2D eigenvalue weighted by atomic mass is 10.1. The molecule has 0 aliphatic heterocycles. The summed E-state index contributed by atoms with van der Waals surface area (Å²) in [5.41, 5.74) is 8.25. The van der Waals surface area contributed by atoms with Crippen molar-refractivity contribution >= 4 is 16.6 Å². The molecule has 1 aromatic heterocycles. The van der Waals surface area contributed by atoms with Crippen LogP contribution in [0.1, 0.15) is 11.1 Å². The maximum absolute atomic E-state index is 12.5. The highest BCUT2D eigenvalue weighted by Gasteiger charge is 2.07. The minimum atomic E-state index is -0.0397. The molecule has 3 heteroatoms. The van der Waals surface area contributed by atoms with E-state index in [-0.39, 0.29) is 5.56 Å². The first-order valence-electron chi connectivity index (χ1n) is 6.59. The number of nitrogens with zero attached hydrogens (tertiary/aromatic N) is 1. The molecule has 0 aliphatic carbocycles. The van der Waals surface area contributed by atoms with Gasteiger partial charge in [-0.2, -0.15) is 0 Å². The number of hydrogen-bond acceptors (Lipinski definition) is 2. The van der Waals surface area contributed by atoms with Crippen LogP contribution in [-0.2, 0) is 6.54 Å². The second kappa shape index (κ2) is 4.85. The quantitative estimate of drug-likeness (QED) is 0.773. The van der Waals surface area contributed by atoms with Gasteiger partial charge < -0.3 is 5.73 Å². The van der Waals surface area contributed by atoms with Gasteiger partial charge >= 0.3 is 0 Å². The van der Waals surface area contributed by atoms with Gasteiger partial charge in [-0.15, -0.1) is 0 Å². The van der Waals surface area contributed by atoms with Crippen LogP contribution in [0.5, 0.6) is 0 Å². The van der Waals surface area contributed by atoms with Gasteiger partial charge in [-0.3, -0.25) is 9.36 Å². The molecule has 0 unspecified atom stereocenters. The monoisotopic (exact) mass is 264 g/mol. The van der Waals surface area contributed by atoms with Crippen molar-refractivity contribution in [3.05, 3.63) is 76.1 Å². The van der Waals surface area contributed by atoms with E-state index in [4.69, 9.17) is 5.73 Å². The van der Waals surface area contributed by atoms with Gasteiger partial charge in [-0.25, -0.2) is 0 Å². The Balaban J connectivity index is 2.14. The summed E-state index contributed by atoms with van der Waals surface area (Å²) in [7, 11) is 0. The fraction of sp³-hybridized carbons (Fsp3) is 0.118. The number of rotatable bonds is 2. The van der Waals surface area contributed by atoms with Gasteiger partial charge in [0.2, 0.25) is 0 Å². The minimum Gasteiger partial charge on any atom is -0.385 e. The number of aromatic nitrogens is 1. The normalized spacial score (nSPS) is 10.8. The Morgan fingerprint density at radius 1 is 1.05 bits per heavy atom. The van der Waals surface area contributed by atoms with Crippen molar-refractivity contribution in [3.63, 3.8) is 0 Å². The Morgan fingerprint density at radius 2 is 1.85 bits per heavy atom. The lowest BCUT2D eigenvalue weighted by molar-refractivity contribution is 0.780. The summed E-state index contributed by atoms with van der Waals surface area (Å²) in [4.78, 5) is 12.5. The van der Waals surface area contributed by atoms with E-state index >= 15 is 0 Å². The van der Waals surface area contributed by atoms with Crippen LogP contribution in [0.2, 0.25) is 0 Å². The van der Waals surface area contributed by atoms with Gasteiger partial charge in [-0.1, -0.05) is 48.0 Å². The molecule has 0 radical (unpaired) electrons. The van der Waals surface area contributed by atoms with Crippen molar-refractivity contribution in [2.45, 2.75) is 13.5 Å². The summed E-state index contributed by atoms with van der Waals surface area (Å²) in [5, 5.41) is 1.59. The molecule has 3 aromatic rings. The lowest BCUT2D eigenvalue weighted by Crippen LogP contribution is -2.23. The Morgan fingerprint density at radius 3 is 2.65 bits per heavy atom. The molecular weight excluding hydrogens is 248 g/mol. The average molecular weight is 264 g/mol. The van der Waals surface area contributed by atoms with Gasteiger partial charge in [0.15, 0.2) is 0 Å². The van der Waals surface area contributed by atoms with Gasteiger partial charge in [0, 0.05) is 5.39 Å². The number of fused-ring (bicyclic) bond motifs is 1. The van der Waals surface area contributed by atoms with E-state index < -0.39 is 0 Å². The third kappa shape index (κ3) is 2.18. The number of nitrogens with two attached hydrogens (primary N) is 1. The molecule has 0 fully saturated rings. The fourth-order valence-corrected chi connectivity index (χ4v) is 2.47. The highest BCUT2D eigenvalue weighted by atomic mass is 16.1. The second-order valence-corrected chi connectivity index (χ2v) is 5.04. The van der Waals surface area contributed by atoms with Gasteiger partial charge in [0.05, 0.1) is 6.54 Å². The topological polar surface area (TPSA) is 48.0 Å². The van der Waals surface area contributed by atoms with Crippen LogP contribution < -0.4 is 11.3 Å². The summed E-state index contributed by atoms with van der Waals surface area (Å²) < 4.78 is 1.62. The van der Waals surface area contributed by atoms with Crippen LogP contribution in [0.3, 0.4) is 0 Å². The number of aryl methyl sites for hydroxylation is 1. The number of anilines is 1. The summed E-state index contributed by atoms with van der Waals surface area (Å²) in [6.45, 7) is 2.53. The van der Waals surface area contributed by atoms with Crippen molar-refractivity contribution in [1.82, 2.24) is 4.57 Å². The van der Waals surface area contributed by atoms with Crippen molar-refractivity contribution < 1.29 is 0 Å². The van der Waals surface area contributed by atoms with Crippen LogP contribution in [0.4, 0.5) is 5.82 Å². The maximum atomic E-state index is 12.5. The predicted octanol–water partition coefficient (Wildman–Crippen LogP) is 2.94. The molecule has 20 heavy (non-hydrogen) atoms. The maximum Gasteiger partial charge on any atom is 0.260 e. The summed E-state index contributed by atoms with van der Waals surface area (Å²) in [6.07, 6.45) is 0. The first-order valence-corrected chi connectivity index (χ1v) is 6.59. The zero-order valence-electron chi connectivity index (χ0n) is 11.3. The number of pyridine rings is 1. The molecule has 0 amide bonds. The van der Waals surface area contributed by atoms with Crippen LogP contribution >= 0.6 is 0 Å². The Labute approximate surface area is 117 Å². The van der Waals surface area contributed by atoms with E-state index in [9.17, 15) is 4.79 Å². The first-order chi connectivity index (χ1) is 9.65. The molecule has 0 atom stereocenters. The number of hydrogen-bond donors (Lipinski definition) is 1. The molecule has 3 rings (SSSR count).